The summed E-state index contributed by atoms with van der Waals surface area (Å²) in [6, 6.07) is 5.87. The summed E-state index contributed by atoms with van der Waals surface area (Å²) in [7, 11) is 0. The number of anilines is 1. The Labute approximate surface area is 104 Å². The molecule has 0 atom stereocenters. The molecule has 0 radical (unpaired) electrons. The summed E-state index contributed by atoms with van der Waals surface area (Å²) in [5.41, 5.74) is 2.52. The number of rotatable bonds is 2. The lowest BCUT2D eigenvalue weighted by Crippen LogP contribution is -2.30. The average molecular weight is 280 g/mol. The molecule has 0 spiro atoms. The van der Waals surface area contributed by atoms with E-state index < -0.39 is 0 Å². The molecule has 2 nitrogen and oxygen atoms in total. The van der Waals surface area contributed by atoms with E-state index >= 15 is 0 Å². The van der Waals surface area contributed by atoms with Crippen LogP contribution in [0.2, 0.25) is 0 Å². The minimum Gasteiger partial charge on any atom is -0.307 e. The van der Waals surface area contributed by atoms with Crippen molar-refractivity contribution in [3.63, 3.8) is 0 Å². The maximum Gasteiger partial charge on any atom is 0.258 e. The van der Waals surface area contributed by atoms with Crippen LogP contribution in [0.4, 0.5) is 5.69 Å². The van der Waals surface area contributed by atoms with Gasteiger partial charge in [-0.25, -0.2) is 0 Å². The number of amides is 1. The fourth-order valence-corrected chi connectivity index (χ4v) is 2.27. The van der Waals surface area contributed by atoms with E-state index in [-0.39, 0.29) is 5.91 Å². The van der Waals surface area contributed by atoms with Gasteiger partial charge in [0.05, 0.1) is 5.69 Å². The predicted octanol–water partition coefficient (Wildman–Crippen LogP) is 3.46. The van der Waals surface area contributed by atoms with Crippen molar-refractivity contribution in [1.29, 1.82) is 0 Å². The summed E-state index contributed by atoms with van der Waals surface area (Å²) in [6.07, 6.45) is 0. The Bertz CT molecular complexity index is 465. The normalized spacial score (nSPS) is 14.9. The van der Waals surface area contributed by atoms with Gasteiger partial charge in [-0.05, 0) is 18.1 Å². The van der Waals surface area contributed by atoms with E-state index in [9.17, 15) is 4.79 Å². The van der Waals surface area contributed by atoms with Crippen LogP contribution >= 0.6 is 15.9 Å². The number of hydrogen-bond acceptors (Lipinski definition) is 1. The van der Waals surface area contributed by atoms with E-state index in [2.05, 4.69) is 36.4 Å². The quantitative estimate of drug-likeness (QED) is 0.760. The van der Waals surface area contributed by atoms with Gasteiger partial charge in [-0.3, -0.25) is 4.79 Å². The van der Waals surface area contributed by atoms with Gasteiger partial charge in [0.15, 0.2) is 0 Å². The molecule has 2 rings (SSSR count). The Hall–Kier alpha value is -1.09. The van der Waals surface area contributed by atoms with Gasteiger partial charge in [-0.2, -0.15) is 0 Å². The summed E-state index contributed by atoms with van der Waals surface area (Å²) in [4.78, 5) is 13.8. The number of nitrogens with zero attached hydrogens (tertiary/aromatic N) is 1. The number of benzene rings is 1. The van der Waals surface area contributed by atoms with Crippen LogP contribution in [0.15, 0.2) is 29.3 Å². The Morgan fingerprint density at radius 3 is 2.75 bits per heavy atom. The Morgan fingerprint density at radius 1 is 1.44 bits per heavy atom. The van der Waals surface area contributed by atoms with Gasteiger partial charge < -0.3 is 4.90 Å². The molecule has 1 amide bonds. The van der Waals surface area contributed by atoms with Crippen molar-refractivity contribution in [2.45, 2.75) is 13.8 Å². The molecule has 0 aromatic heterocycles. The highest BCUT2D eigenvalue weighted by molar-refractivity contribution is 9.10. The highest BCUT2D eigenvalue weighted by Gasteiger charge is 2.31. The summed E-state index contributed by atoms with van der Waals surface area (Å²) >= 11 is 3.43. The smallest absolute Gasteiger partial charge is 0.258 e. The molecule has 1 aliphatic heterocycles. The van der Waals surface area contributed by atoms with Gasteiger partial charge in [-0.15, -0.1) is 0 Å². The van der Waals surface area contributed by atoms with Crippen LogP contribution in [0, 0.1) is 5.92 Å². The molecule has 0 bridgehead atoms. The van der Waals surface area contributed by atoms with Crippen LogP contribution in [0.5, 0.6) is 0 Å². The lowest BCUT2D eigenvalue weighted by atomic mass is 10.1. The van der Waals surface area contributed by atoms with Crippen molar-refractivity contribution in [2.75, 3.05) is 11.4 Å². The van der Waals surface area contributed by atoms with Crippen molar-refractivity contribution in [2.24, 2.45) is 5.92 Å². The monoisotopic (exact) mass is 279 g/mol. The minimum atomic E-state index is 0.0294. The second-order valence-electron chi connectivity index (χ2n) is 4.45. The number of hydrogen-bond donors (Lipinski definition) is 0. The van der Waals surface area contributed by atoms with Crippen LogP contribution in [-0.4, -0.2) is 12.5 Å². The van der Waals surface area contributed by atoms with Gasteiger partial charge in [0.25, 0.3) is 5.91 Å². The molecule has 0 N–H and O–H groups in total. The molecule has 0 fully saturated rings. The fourth-order valence-electron chi connectivity index (χ4n) is 1.92. The zero-order chi connectivity index (χ0) is 11.9. The van der Waals surface area contributed by atoms with E-state index in [1.807, 2.05) is 23.1 Å². The molecule has 0 saturated carbocycles. The summed E-state index contributed by atoms with van der Waals surface area (Å²) in [6.45, 7) is 8.80. The summed E-state index contributed by atoms with van der Waals surface area (Å²) in [5.74, 6) is 0.475. The molecule has 1 aromatic carbocycles. The first kappa shape index (κ1) is 11.4. The lowest BCUT2D eigenvalue weighted by Gasteiger charge is -2.19. The Balaban J connectivity index is 2.47. The van der Waals surface area contributed by atoms with Crippen molar-refractivity contribution in [3.8, 4) is 0 Å². The van der Waals surface area contributed by atoms with Crippen LogP contribution in [-0.2, 0) is 4.79 Å². The molecule has 0 aliphatic carbocycles. The minimum absolute atomic E-state index is 0.0294. The SMILES string of the molecule is C=C1C(=O)N(CC(C)C)c2cc(Br)ccc21. The molecular weight excluding hydrogens is 266 g/mol. The second-order valence-corrected chi connectivity index (χ2v) is 5.37. The summed E-state index contributed by atoms with van der Waals surface area (Å²) < 4.78 is 0.988. The van der Waals surface area contributed by atoms with Crippen molar-refractivity contribution in [3.05, 3.63) is 34.8 Å². The van der Waals surface area contributed by atoms with Crippen molar-refractivity contribution in [1.82, 2.24) is 0 Å². The van der Waals surface area contributed by atoms with Gasteiger partial charge in [-0.1, -0.05) is 42.4 Å². The van der Waals surface area contributed by atoms with Gasteiger partial charge in [0.1, 0.15) is 0 Å². The van der Waals surface area contributed by atoms with Gasteiger partial charge in [0.2, 0.25) is 0 Å². The summed E-state index contributed by atoms with van der Waals surface area (Å²) in [5, 5.41) is 0. The first-order valence-electron chi connectivity index (χ1n) is 5.31. The third kappa shape index (κ3) is 1.80. The molecule has 1 aliphatic rings. The molecule has 84 valence electrons. The van der Waals surface area contributed by atoms with E-state index in [1.54, 1.807) is 0 Å². The maximum absolute atomic E-state index is 12.0. The van der Waals surface area contributed by atoms with E-state index in [0.29, 0.717) is 11.5 Å². The lowest BCUT2D eigenvalue weighted by molar-refractivity contribution is -0.113. The third-order valence-electron chi connectivity index (χ3n) is 2.63. The van der Waals surface area contributed by atoms with Gasteiger partial charge in [0, 0.05) is 22.2 Å². The van der Waals surface area contributed by atoms with Crippen LogP contribution < -0.4 is 4.90 Å². The zero-order valence-electron chi connectivity index (χ0n) is 9.46. The largest absolute Gasteiger partial charge is 0.307 e. The zero-order valence-corrected chi connectivity index (χ0v) is 11.0. The van der Waals surface area contributed by atoms with Crippen LogP contribution in [0.25, 0.3) is 5.57 Å². The molecule has 16 heavy (non-hydrogen) atoms. The average Bonchev–Trinajstić information content (AvgIpc) is 2.43. The second kappa shape index (κ2) is 4.06. The van der Waals surface area contributed by atoms with Gasteiger partial charge >= 0.3 is 0 Å². The van der Waals surface area contributed by atoms with E-state index in [4.69, 9.17) is 0 Å². The van der Waals surface area contributed by atoms with E-state index in [0.717, 1.165) is 22.3 Å². The van der Waals surface area contributed by atoms with Crippen molar-refractivity contribution < 1.29 is 4.79 Å². The molecule has 3 heteroatoms. The van der Waals surface area contributed by atoms with Crippen LogP contribution in [0.1, 0.15) is 19.4 Å². The standard InChI is InChI=1S/C13H14BrNO/c1-8(2)7-15-12-6-10(14)4-5-11(12)9(3)13(15)16/h4-6,8H,3,7H2,1-2H3. The third-order valence-corrected chi connectivity index (χ3v) is 3.12. The van der Waals surface area contributed by atoms with E-state index in [1.165, 1.54) is 0 Å². The molecule has 1 aromatic rings. The first-order valence-corrected chi connectivity index (χ1v) is 6.10. The highest BCUT2D eigenvalue weighted by atomic mass is 79.9. The molecule has 1 heterocycles. The Kier molecular flexibility index (Phi) is 2.89. The van der Waals surface area contributed by atoms with Crippen LogP contribution in [0.3, 0.4) is 0 Å². The molecule has 0 unspecified atom stereocenters. The topological polar surface area (TPSA) is 20.3 Å². The number of carbonyl (C=O) groups is 1. The fraction of sp³-hybridized carbons (Fsp3) is 0.308. The number of fused-ring (bicyclic) bond motifs is 1. The predicted molar refractivity (Wildman–Crippen MR) is 70.4 cm³/mol. The highest BCUT2D eigenvalue weighted by Crippen LogP contribution is 2.37. The molecule has 0 saturated heterocycles. The van der Waals surface area contributed by atoms with Crippen molar-refractivity contribution >= 4 is 33.1 Å². The Morgan fingerprint density at radius 2 is 2.12 bits per heavy atom. The molecular formula is C13H14BrNO. The first-order chi connectivity index (χ1) is 7.50. The number of carbonyl (C=O) groups excluding carboxylic acids is 1. The maximum atomic E-state index is 12.0. The number of halogens is 1.